The molecule has 2 aromatic carbocycles. The number of nitrogens with one attached hydrogen (secondary N) is 3. The molecule has 1 aliphatic carbocycles. The molecule has 2 atom stereocenters. The molecule has 2 amide bonds. The van der Waals surface area contributed by atoms with E-state index < -0.39 is 6.09 Å². The van der Waals surface area contributed by atoms with Gasteiger partial charge in [-0.2, -0.15) is 10.1 Å². The van der Waals surface area contributed by atoms with Crippen molar-refractivity contribution in [3.8, 4) is 22.7 Å². The predicted octanol–water partition coefficient (Wildman–Crippen LogP) is 5.70. The summed E-state index contributed by atoms with van der Waals surface area (Å²) >= 11 is 0. The molecule has 0 aliphatic heterocycles. The van der Waals surface area contributed by atoms with Gasteiger partial charge in [0, 0.05) is 23.5 Å². The van der Waals surface area contributed by atoms with Crippen LogP contribution in [-0.2, 0) is 16.1 Å². The summed E-state index contributed by atoms with van der Waals surface area (Å²) in [5.74, 6) is -0.0983. The fourth-order valence-corrected chi connectivity index (χ4v) is 5.07. The van der Waals surface area contributed by atoms with Gasteiger partial charge in [0.15, 0.2) is 11.2 Å². The lowest BCUT2D eigenvalue weighted by molar-refractivity contribution is -0.121. The summed E-state index contributed by atoms with van der Waals surface area (Å²) in [5, 5.41) is 13.2. The zero-order chi connectivity index (χ0) is 27.3. The number of aromatic nitrogens is 4. The molecule has 2 unspecified atom stereocenters. The number of pyridine rings is 1. The number of oxazole rings is 1. The van der Waals surface area contributed by atoms with Gasteiger partial charge in [-0.1, -0.05) is 55.3 Å². The first-order valence-corrected chi connectivity index (χ1v) is 13.3. The smallest absolute Gasteiger partial charge is 0.407 e. The van der Waals surface area contributed by atoms with Crippen LogP contribution >= 0.6 is 0 Å². The number of nitrogens with zero attached hydrogens (tertiary/aromatic N) is 3. The Morgan fingerprint density at radius 3 is 2.77 bits per heavy atom. The van der Waals surface area contributed by atoms with Crippen LogP contribution in [0.15, 0.2) is 83.5 Å². The summed E-state index contributed by atoms with van der Waals surface area (Å²) in [5.41, 5.74) is 4.86. The van der Waals surface area contributed by atoms with Crippen LogP contribution in [0.25, 0.3) is 33.9 Å². The summed E-state index contributed by atoms with van der Waals surface area (Å²) in [6, 6.07) is 20.3. The Kier molecular flexibility index (Phi) is 7.21. The second-order valence-corrected chi connectivity index (χ2v) is 9.78. The fourth-order valence-electron chi connectivity index (χ4n) is 5.07. The minimum atomic E-state index is -0.517. The summed E-state index contributed by atoms with van der Waals surface area (Å²) in [6.07, 6.45) is 6.07. The van der Waals surface area contributed by atoms with E-state index in [1.807, 2.05) is 60.7 Å². The van der Waals surface area contributed by atoms with Crippen LogP contribution in [0.1, 0.15) is 31.2 Å². The average Bonchev–Trinajstić information content (AvgIpc) is 3.64. The first-order valence-electron chi connectivity index (χ1n) is 13.3. The number of hydrogen-bond acceptors (Lipinski definition) is 7. The quantitative estimate of drug-likeness (QED) is 0.243. The number of hydrogen-bond donors (Lipinski definition) is 3. The molecule has 1 aliphatic rings. The van der Waals surface area contributed by atoms with Crippen LogP contribution in [0.5, 0.6) is 0 Å². The minimum absolute atomic E-state index is 0.139. The van der Waals surface area contributed by atoms with Crippen LogP contribution < -0.4 is 10.6 Å². The number of carbonyl (C=O) groups is 2. The van der Waals surface area contributed by atoms with E-state index in [0.29, 0.717) is 40.5 Å². The van der Waals surface area contributed by atoms with Gasteiger partial charge >= 0.3 is 6.09 Å². The van der Waals surface area contributed by atoms with Crippen molar-refractivity contribution in [1.82, 2.24) is 25.5 Å². The SMILES string of the molecule is O=C(NC1CCCCC1C(=O)Nc1cccc(-c2[nH]ncc2-c2nc3ncccc3o2)c1)OCc1ccccc1. The number of benzene rings is 2. The minimum Gasteiger partial charge on any atom is -0.445 e. The summed E-state index contributed by atoms with van der Waals surface area (Å²) in [7, 11) is 0. The molecule has 0 bridgehead atoms. The second-order valence-electron chi connectivity index (χ2n) is 9.78. The standard InChI is InChI=1S/C30H28N6O4/c37-28(22-12-4-5-13-24(22)34-30(38)39-18-19-8-2-1-3-9-19)33-21-11-6-10-20(16-21)26-23(17-32-36-26)29-35-27-25(40-29)14-7-15-31-27/h1-3,6-11,14-17,22,24H,4-5,12-13,18H2,(H,32,36)(H,33,37)(H,34,38). The van der Waals surface area contributed by atoms with E-state index in [1.54, 1.807) is 18.5 Å². The van der Waals surface area contributed by atoms with Gasteiger partial charge in [-0.15, -0.1) is 0 Å². The van der Waals surface area contributed by atoms with E-state index in [2.05, 4.69) is 30.8 Å². The molecule has 0 saturated heterocycles. The van der Waals surface area contributed by atoms with Gasteiger partial charge in [-0.3, -0.25) is 9.89 Å². The Morgan fingerprint density at radius 1 is 1.02 bits per heavy atom. The number of anilines is 1. The molecular weight excluding hydrogens is 508 g/mol. The Balaban J connectivity index is 1.14. The number of aromatic amines is 1. The predicted molar refractivity (Wildman–Crippen MR) is 149 cm³/mol. The van der Waals surface area contributed by atoms with Crippen molar-refractivity contribution in [3.05, 3.63) is 84.7 Å². The second kappa shape index (κ2) is 11.4. The number of H-pyrrole nitrogens is 1. The molecule has 0 radical (unpaired) electrons. The van der Waals surface area contributed by atoms with Gasteiger partial charge in [-0.05, 0) is 42.7 Å². The highest BCUT2D eigenvalue weighted by atomic mass is 16.5. The van der Waals surface area contributed by atoms with E-state index in [4.69, 9.17) is 9.15 Å². The normalized spacial score (nSPS) is 16.9. The summed E-state index contributed by atoms with van der Waals surface area (Å²) in [6.45, 7) is 0.179. The maximum Gasteiger partial charge on any atom is 0.407 e. The van der Waals surface area contributed by atoms with E-state index in [-0.39, 0.29) is 24.5 Å². The zero-order valence-corrected chi connectivity index (χ0v) is 21.7. The van der Waals surface area contributed by atoms with Crippen molar-refractivity contribution in [2.24, 2.45) is 5.92 Å². The van der Waals surface area contributed by atoms with Crippen molar-refractivity contribution in [2.45, 2.75) is 38.3 Å². The molecule has 6 rings (SSSR count). The fraction of sp³-hybridized carbons (Fsp3) is 0.233. The number of alkyl carbamates (subject to hydrolysis) is 1. The van der Waals surface area contributed by atoms with Gasteiger partial charge in [0.1, 0.15) is 6.61 Å². The largest absolute Gasteiger partial charge is 0.445 e. The van der Waals surface area contributed by atoms with Crippen LogP contribution in [0.3, 0.4) is 0 Å². The lowest BCUT2D eigenvalue weighted by Crippen LogP contribution is -2.46. The molecule has 3 N–H and O–H groups in total. The van der Waals surface area contributed by atoms with Crippen molar-refractivity contribution in [1.29, 1.82) is 0 Å². The lowest BCUT2D eigenvalue weighted by atomic mass is 9.84. The first kappa shape index (κ1) is 25.3. The van der Waals surface area contributed by atoms with Gasteiger partial charge in [0.05, 0.1) is 23.4 Å². The van der Waals surface area contributed by atoms with Crippen LogP contribution in [-0.4, -0.2) is 38.2 Å². The summed E-state index contributed by atoms with van der Waals surface area (Å²) < 4.78 is 11.3. The van der Waals surface area contributed by atoms with Crippen molar-refractivity contribution < 1.29 is 18.7 Å². The Hall–Kier alpha value is -4.99. The van der Waals surface area contributed by atoms with Gasteiger partial charge in [0.2, 0.25) is 11.8 Å². The molecule has 40 heavy (non-hydrogen) atoms. The number of fused-ring (bicyclic) bond motifs is 1. The average molecular weight is 537 g/mol. The van der Waals surface area contributed by atoms with Gasteiger partial charge in [0.25, 0.3) is 0 Å². The molecule has 3 heterocycles. The van der Waals surface area contributed by atoms with Gasteiger partial charge in [-0.25, -0.2) is 9.78 Å². The van der Waals surface area contributed by atoms with Crippen molar-refractivity contribution in [2.75, 3.05) is 5.32 Å². The Morgan fingerprint density at radius 2 is 1.90 bits per heavy atom. The zero-order valence-electron chi connectivity index (χ0n) is 21.7. The highest BCUT2D eigenvalue weighted by Gasteiger charge is 2.32. The highest BCUT2D eigenvalue weighted by Crippen LogP contribution is 2.33. The number of amides is 2. The topological polar surface area (TPSA) is 135 Å². The van der Waals surface area contributed by atoms with Crippen LogP contribution in [0.4, 0.5) is 10.5 Å². The Bertz CT molecular complexity index is 1600. The molecule has 1 saturated carbocycles. The maximum absolute atomic E-state index is 13.4. The monoisotopic (exact) mass is 536 g/mol. The van der Waals surface area contributed by atoms with E-state index in [9.17, 15) is 9.59 Å². The van der Waals surface area contributed by atoms with Crippen molar-refractivity contribution in [3.63, 3.8) is 0 Å². The maximum atomic E-state index is 13.4. The molecule has 10 heteroatoms. The third-order valence-corrected chi connectivity index (χ3v) is 7.07. The molecule has 0 spiro atoms. The van der Waals surface area contributed by atoms with E-state index >= 15 is 0 Å². The third kappa shape index (κ3) is 5.56. The van der Waals surface area contributed by atoms with E-state index in [1.165, 1.54) is 0 Å². The number of carbonyl (C=O) groups excluding carboxylic acids is 2. The number of rotatable bonds is 7. The van der Waals surface area contributed by atoms with Gasteiger partial charge < -0.3 is 19.8 Å². The summed E-state index contributed by atoms with van der Waals surface area (Å²) in [4.78, 5) is 34.6. The number of ether oxygens (including phenoxy) is 1. The van der Waals surface area contributed by atoms with Crippen LogP contribution in [0.2, 0.25) is 0 Å². The molecular formula is C30H28N6O4. The molecule has 10 nitrogen and oxygen atoms in total. The first-order chi connectivity index (χ1) is 19.6. The Labute approximate surface area is 230 Å². The molecule has 5 aromatic rings. The molecule has 1 fully saturated rings. The highest BCUT2D eigenvalue weighted by molar-refractivity contribution is 5.94. The van der Waals surface area contributed by atoms with Crippen LogP contribution in [0, 0.1) is 5.92 Å². The van der Waals surface area contributed by atoms with E-state index in [0.717, 1.165) is 30.4 Å². The lowest BCUT2D eigenvalue weighted by Gasteiger charge is -2.31. The van der Waals surface area contributed by atoms with Crippen molar-refractivity contribution >= 4 is 28.9 Å². The molecule has 202 valence electrons. The molecule has 3 aromatic heterocycles. The third-order valence-electron chi connectivity index (χ3n) is 7.07.